The maximum atomic E-state index is 12.0. The molecule has 2 rings (SSSR count). The topological polar surface area (TPSA) is 52.9 Å². The van der Waals surface area contributed by atoms with Crippen molar-refractivity contribution in [3.8, 4) is 6.07 Å². The molecule has 0 spiro atoms. The standard InChI is InChI=1S/C14H8BrIN2O/c15-12-7-9(8-17)1-6-13(12)18-14(19)10-2-4-11(16)5-3-10/h1-7H,(H,18,19). The molecule has 0 heterocycles. The van der Waals surface area contributed by atoms with Gasteiger partial charge in [-0.15, -0.1) is 0 Å². The number of hydrogen-bond acceptors (Lipinski definition) is 2. The average Bonchev–Trinajstić information content (AvgIpc) is 2.41. The minimum Gasteiger partial charge on any atom is -0.321 e. The van der Waals surface area contributed by atoms with Gasteiger partial charge in [0, 0.05) is 13.6 Å². The Hall–Kier alpha value is -1.39. The monoisotopic (exact) mass is 426 g/mol. The summed E-state index contributed by atoms with van der Waals surface area (Å²) in [6.45, 7) is 0. The Morgan fingerprint density at radius 2 is 1.89 bits per heavy atom. The van der Waals surface area contributed by atoms with Crippen molar-refractivity contribution in [1.82, 2.24) is 0 Å². The van der Waals surface area contributed by atoms with Crippen LogP contribution in [0, 0.1) is 14.9 Å². The molecule has 0 saturated heterocycles. The Morgan fingerprint density at radius 3 is 2.47 bits per heavy atom. The molecule has 2 aromatic rings. The Morgan fingerprint density at radius 1 is 1.21 bits per heavy atom. The molecule has 5 heteroatoms. The Bertz CT molecular complexity index is 662. The Kier molecular flexibility index (Phi) is 4.56. The number of rotatable bonds is 2. The molecule has 0 aliphatic rings. The fourth-order valence-corrected chi connectivity index (χ4v) is 2.32. The van der Waals surface area contributed by atoms with Gasteiger partial charge in [-0.3, -0.25) is 4.79 Å². The zero-order chi connectivity index (χ0) is 13.8. The third-order valence-electron chi connectivity index (χ3n) is 2.45. The van der Waals surface area contributed by atoms with E-state index in [4.69, 9.17) is 5.26 Å². The number of anilines is 1. The lowest BCUT2D eigenvalue weighted by atomic mass is 10.2. The van der Waals surface area contributed by atoms with Crippen LogP contribution in [0.4, 0.5) is 5.69 Å². The normalized spacial score (nSPS) is 9.74. The highest BCUT2D eigenvalue weighted by molar-refractivity contribution is 14.1. The van der Waals surface area contributed by atoms with Crippen LogP contribution >= 0.6 is 38.5 Å². The zero-order valence-corrected chi connectivity index (χ0v) is 13.4. The van der Waals surface area contributed by atoms with Gasteiger partial charge in [0.05, 0.1) is 17.3 Å². The molecular weight excluding hydrogens is 419 g/mol. The molecule has 2 aromatic carbocycles. The van der Waals surface area contributed by atoms with Crippen molar-refractivity contribution in [2.24, 2.45) is 0 Å². The Labute approximate surface area is 132 Å². The molecule has 94 valence electrons. The molecule has 0 aliphatic heterocycles. The van der Waals surface area contributed by atoms with Crippen LogP contribution in [0.2, 0.25) is 0 Å². The number of nitriles is 1. The summed E-state index contributed by atoms with van der Waals surface area (Å²) < 4.78 is 1.76. The number of carbonyl (C=O) groups is 1. The van der Waals surface area contributed by atoms with E-state index >= 15 is 0 Å². The summed E-state index contributed by atoms with van der Waals surface area (Å²) in [7, 11) is 0. The lowest BCUT2D eigenvalue weighted by Gasteiger charge is -2.07. The molecular formula is C14H8BrIN2O. The number of carbonyl (C=O) groups excluding carboxylic acids is 1. The van der Waals surface area contributed by atoms with E-state index in [9.17, 15) is 4.79 Å². The third kappa shape index (κ3) is 3.55. The molecule has 1 amide bonds. The highest BCUT2D eigenvalue weighted by atomic mass is 127. The zero-order valence-electron chi connectivity index (χ0n) is 9.65. The molecule has 19 heavy (non-hydrogen) atoms. The minimum absolute atomic E-state index is 0.179. The fourth-order valence-electron chi connectivity index (χ4n) is 1.48. The lowest BCUT2D eigenvalue weighted by Crippen LogP contribution is -2.12. The summed E-state index contributed by atoms with van der Waals surface area (Å²) in [5, 5.41) is 11.6. The van der Waals surface area contributed by atoms with Crippen molar-refractivity contribution in [2.45, 2.75) is 0 Å². The smallest absolute Gasteiger partial charge is 0.255 e. The minimum atomic E-state index is -0.179. The quantitative estimate of drug-likeness (QED) is 0.732. The largest absolute Gasteiger partial charge is 0.321 e. The first-order valence-electron chi connectivity index (χ1n) is 5.37. The summed E-state index contributed by atoms with van der Waals surface area (Å²) in [6.07, 6.45) is 0. The van der Waals surface area contributed by atoms with Crippen molar-refractivity contribution in [3.05, 3.63) is 61.6 Å². The van der Waals surface area contributed by atoms with Gasteiger partial charge in [-0.05, 0) is 81.0 Å². The molecule has 0 aliphatic carbocycles. The predicted molar refractivity (Wildman–Crippen MR) is 86.0 cm³/mol. The SMILES string of the molecule is N#Cc1ccc(NC(=O)c2ccc(I)cc2)c(Br)c1. The number of nitrogens with zero attached hydrogens (tertiary/aromatic N) is 1. The van der Waals surface area contributed by atoms with E-state index in [1.165, 1.54) is 0 Å². The maximum absolute atomic E-state index is 12.0. The van der Waals surface area contributed by atoms with Gasteiger partial charge in [-0.1, -0.05) is 0 Å². The first kappa shape index (κ1) is 14.0. The van der Waals surface area contributed by atoms with E-state index in [1.807, 2.05) is 18.2 Å². The van der Waals surface area contributed by atoms with Crippen LogP contribution in [-0.2, 0) is 0 Å². The van der Waals surface area contributed by atoms with Crippen molar-refractivity contribution >= 4 is 50.1 Å². The van der Waals surface area contributed by atoms with Crippen molar-refractivity contribution in [3.63, 3.8) is 0 Å². The molecule has 0 bridgehead atoms. The van der Waals surface area contributed by atoms with E-state index < -0.39 is 0 Å². The van der Waals surface area contributed by atoms with Gasteiger partial charge in [-0.25, -0.2) is 0 Å². The highest BCUT2D eigenvalue weighted by Gasteiger charge is 2.08. The molecule has 0 fully saturated rings. The van der Waals surface area contributed by atoms with Crippen molar-refractivity contribution < 1.29 is 4.79 Å². The van der Waals surface area contributed by atoms with Gasteiger partial charge in [-0.2, -0.15) is 5.26 Å². The second kappa shape index (κ2) is 6.17. The number of nitrogens with one attached hydrogen (secondary N) is 1. The van der Waals surface area contributed by atoms with E-state index in [1.54, 1.807) is 30.3 Å². The summed E-state index contributed by atoms with van der Waals surface area (Å²) in [5.74, 6) is -0.179. The number of halogens is 2. The van der Waals surface area contributed by atoms with Crippen molar-refractivity contribution in [1.29, 1.82) is 5.26 Å². The van der Waals surface area contributed by atoms with Gasteiger partial charge in [0.25, 0.3) is 5.91 Å². The summed E-state index contributed by atoms with van der Waals surface area (Å²) in [6, 6.07) is 14.4. The first-order chi connectivity index (χ1) is 9.10. The fraction of sp³-hybridized carbons (Fsp3) is 0. The number of benzene rings is 2. The van der Waals surface area contributed by atoms with Gasteiger partial charge >= 0.3 is 0 Å². The van der Waals surface area contributed by atoms with Gasteiger partial charge in [0.15, 0.2) is 0 Å². The molecule has 0 unspecified atom stereocenters. The highest BCUT2D eigenvalue weighted by Crippen LogP contribution is 2.24. The van der Waals surface area contributed by atoms with Crippen LogP contribution in [0.1, 0.15) is 15.9 Å². The van der Waals surface area contributed by atoms with Gasteiger partial charge < -0.3 is 5.32 Å². The van der Waals surface area contributed by atoms with Crippen LogP contribution in [0.3, 0.4) is 0 Å². The van der Waals surface area contributed by atoms with E-state index in [2.05, 4.69) is 43.8 Å². The summed E-state index contributed by atoms with van der Waals surface area (Å²) in [4.78, 5) is 12.0. The second-order valence-electron chi connectivity index (χ2n) is 3.77. The third-order valence-corrected chi connectivity index (χ3v) is 3.83. The molecule has 0 saturated carbocycles. The summed E-state index contributed by atoms with van der Waals surface area (Å²) >= 11 is 5.52. The number of amides is 1. The second-order valence-corrected chi connectivity index (χ2v) is 5.87. The number of hydrogen-bond donors (Lipinski definition) is 1. The van der Waals surface area contributed by atoms with Crippen LogP contribution in [0.25, 0.3) is 0 Å². The molecule has 3 nitrogen and oxygen atoms in total. The van der Waals surface area contributed by atoms with Gasteiger partial charge in [0.1, 0.15) is 0 Å². The first-order valence-corrected chi connectivity index (χ1v) is 7.24. The Balaban J connectivity index is 2.20. The maximum Gasteiger partial charge on any atom is 0.255 e. The van der Waals surface area contributed by atoms with Crippen LogP contribution < -0.4 is 5.32 Å². The molecule has 0 radical (unpaired) electrons. The van der Waals surface area contributed by atoms with Crippen LogP contribution in [0.5, 0.6) is 0 Å². The molecule has 1 N–H and O–H groups in total. The van der Waals surface area contributed by atoms with Crippen LogP contribution in [0.15, 0.2) is 46.9 Å². The molecule has 0 aromatic heterocycles. The average molecular weight is 427 g/mol. The van der Waals surface area contributed by atoms with E-state index in [-0.39, 0.29) is 5.91 Å². The van der Waals surface area contributed by atoms with E-state index in [0.29, 0.717) is 21.3 Å². The van der Waals surface area contributed by atoms with Crippen LogP contribution in [-0.4, -0.2) is 5.91 Å². The van der Waals surface area contributed by atoms with Crippen molar-refractivity contribution in [2.75, 3.05) is 5.32 Å². The molecule has 0 atom stereocenters. The van der Waals surface area contributed by atoms with Gasteiger partial charge in [0.2, 0.25) is 0 Å². The summed E-state index contributed by atoms with van der Waals surface area (Å²) in [5.41, 5.74) is 1.78. The van der Waals surface area contributed by atoms with E-state index in [0.717, 1.165) is 3.57 Å². The lowest BCUT2D eigenvalue weighted by molar-refractivity contribution is 0.102. The predicted octanol–water partition coefficient (Wildman–Crippen LogP) is 4.18.